The molecular formula is C21H28FN3O3. The van der Waals surface area contributed by atoms with Crippen LogP contribution < -0.4 is 10.2 Å². The van der Waals surface area contributed by atoms with Gasteiger partial charge in [-0.3, -0.25) is 4.79 Å². The van der Waals surface area contributed by atoms with Crippen LogP contribution in [0.2, 0.25) is 0 Å². The number of rotatable bonds is 6. The van der Waals surface area contributed by atoms with Crippen molar-refractivity contribution in [1.82, 2.24) is 10.5 Å². The number of nitrogens with one attached hydrogen (secondary N) is 1. The molecule has 1 aromatic carbocycles. The predicted molar refractivity (Wildman–Crippen MR) is 105 cm³/mol. The Morgan fingerprint density at radius 1 is 1.29 bits per heavy atom. The number of benzene rings is 1. The van der Waals surface area contributed by atoms with Crippen molar-refractivity contribution in [1.29, 1.82) is 0 Å². The van der Waals surface area contributed by atoms with Gasteiger partial charge in [0.2, 0.25) is 5.91 Å². The molecule has 2 aromatic rings. The molecule has 0 radical (unpaired) electrons. The molecule has 2 unspecified atom stereocenters. The third-order valence-electron chi connectivity index (χ3n) is 5.05. The number of aryl methyl sites for hydroxylation is 2. The lowest BCUT2D eigenvalue weighted by atomic mass is 10.1. The van der Waals surface area contributed by atoms with Crippen LogP contribution in [0.15, 0.2) is 22.7 Å². The smallest absolute Gasteiger partial charge is 0.220 e. The Hall–Kier alpha value is -2.41. The van der Waals surface area contributed by atoms with Crippen LogP contribution in [0.25, 0.3) is 0 Å². The first kappa shape index (κ1) is 20.3. The average Bonchev–Trinajstić information content (AvgIpc) is 2.95. The molecule has 1 aliphatic rings. The van der Waals surface area contributed by atoms with E-state index in [4.69, 9.17) is 9.26 Å². The minimum Gasteiger partial charge on any atom is -0.372 e. The Labute approximate surface area is 165 Å². The number of hydrogen-bond acceptors (Lipinski definition) is 5. The van der Waals surface area contributed by atoms with Gasteiger partial charge in [0.1, 0.15) is 11.6 Å². The second-order valence-corrected chi connectivity index (χ2v) is 7.53. The van der Waals surface area contributed by atoms with Crippen molar-refractivity contribution in [2.75, 3.05) is 18.0 Å². The van der Waals surface area contributed by atoms with Crippen LogP contribution in [0.4, 0.5) is 10.1 Å². The van der Waals surface area contributed by atoms with E-state index in [0.717, 1.165) is 22.6 Å². The number of aromatic nitrogens is 1. The summed E-state index contributed by atoms with van der Waals surface area (Å²) in [5, 5.41) is 6.74. The molecule has 1 aliphatic heterocycles. The molecular weight excluding hydrogens is 361 g/mol. The zero-order valence-electron chi connectivity index (χ0n) is 16.9. The summed E-state index contributed by atoms with van der Waals surface area (Å²) >= 11 is 0. The molecule has 7 heteroatoms. The average molecular weight is 389 g/mol. The van der Waals surface area contributed by atoms with E-state index in [1.165, 1.54) is 6.07 Å². The lowest BCUT2D eigenvalue weighted by Crippen LogP contribution is -2.45. The van der Waals surface area contributed by atoms with Gasteiger partial charge in [-0.2, -0.15) is 0 Å². The first-order valence-corrected chi connectivity index (χ1v) is 9.70. The molecule has 6 nitrogen and oxygen atoms in total. The van der Waals surface area contributed by atoms with Gasteiger partial charge in [0, 0.05) is 31.6 Å². The summed E-state index contributed by atoms with van der Waals surface area (Å²) in [6.45, 7) is 9.32. The number of nitrogens with zero attached hydrogens (tertiary/aromatic N) is 2. The number of ether oxygens (including phenoxy) is 1. The van der Waals surface area contributed by atoms with Gasteiger partial charge in [0.05, 0.1) is 23.6 Å². The third-order valence-corrected chi connectivity index (χ3v) is 5.05. The van der Waals surface area contributed by atoms with Crippen LogP contribution in [-0.2, 0) is 22.5 Å². The summed E-state index contributed by atoms with van der Waals surface area (Å²) in [5.41, 5.74) is 3.10. The van der Waals surface area contributed by atoms with Crippen molar-refractivity contribution >= 4 is 11.6 Å². The van der Waals surface area contributed by atoms with Gasteiger partial charge in [-0.15, -0.1) is 0 Å². The standard InChI is InChI=1S/C21H28FN3O3/c1-13-11-25(12-14(2)27-13)20-7-5-17(9-19(20)22)10-23-21(26)8-6-18-15(3)24-28-16(18)4/h5,7,9,13-14H,6,8,10-12H2,1-4H3,(H,23,26). The maximum atomic E-state index is 14.6. The van der Waals surface area contributed by atoms with Gasteiger partial charge in [-0.05, 0) is 51.8 Å². The molecule has 0 bridgehead atoms. The lowest BCUT2D eigenvalue weighted by molar-refractivity contribution is -0.121. The number of halogens is 1. The third kappa shape index (κ3) is 4.90. The highest BCUT2D eigenvalue weighted by Gasteiger charge is 2.24. The predicted octanol–water partition coefficient (Wildman–Crippen LogP) is 3.29. The monoisotopic (exact) mass is 389 g/mol. The largest absolute Gasteiger partial charge is 0.372 e. The van der Waals surface area contributed by atoms with Gasteiger partial charge >= 0.3 is 0 Å². The van der Waals surface area contributed by atoms with Crippen molar-refractivity contribution < 1.29 is 18.4 Å². The maximum Gasteiger partial charge on any atom is 0.220 e. The molecule has 1 amide bonds. The second-order valence-electron chi connectivity index (χ2n) is 7.53. The van der Waals surface area contributed by atoms with E-state index in [-0.39, 0.29) is 23.9 Å². The SMILES string of the molecule is Cc1noc(C)c1CCC(=O)NCc1ccc(N2CC(C)OC(C)C2)c(F)c1. The highest BCUT2D eigenvalue weighted by Crippen LogP contribution is 2.24. The second kappa shape index (κ2) is 8.73. The zero-order chi connectivity index (χ0) is 20.3. The van der Waals surface area contributed by atoms with Gasteiger partial charge in [-0.25, -0.2) is 4.39 Å². The van der Waals surface area contributed by atoms with Gasteiger partial charge in [0.15, 0.2) is 0 Å². The summed E-state index contributed by atoms with van der Waals surface area (Å²) < 4.78 is 25.4. The van der Waals surface area contributed by atoms with E-state index in [9.17, 15) is 9.18 Å². The van der Waals surface area contributed by atoms with E-state index in [2.05, 4.69) is 10.5 Å². The Morgan fingerprint density at radius 3 is 2.61 bits per heavy atom. The van der Waals surface area contributed by atoms with E-state index >= 15 is 0 Å². The fourth-order valence-electron chi connectivity index (χ4n) is 3.68. The van der Waals surface area contributed by atoms with Crippen LogP contribution in [0.1, 0.15) is 42.8 Å². The molecule has 0 spiro atoms. The van der Waals surface area contributed by atoms with Crippen LogP contribution in [0, 0.1) is 19.7 Å². The summed E-state index contributed by atoms with van der Waals surface area (Å²) in [7, 11) is 0. The molecule has 2 heterocycles. The Balaban J connectivity index is 1.53. The number of amides is 1. The number of carbonyl (C=O) groups is 1. The van der Waals surface area contributed by atoms with Crippen molar-refractivity contribution in [3.63, 3.8) is 0 Å². The number of anilines is 1. The summed E-state index contributed by atoms with van der Waals surface area (Å²) in [6.07, 6.45) is 1.06. The number of morpholine rings is 1. The molecule has 1 fully saturated rings. The summed E-state index contributed by atoms with van der Waals surface area (Å²) in [5.74, 6) is 0.388. The Bertz CT molecular complexity index is 807. The van der Waals surface area contributed by atoms with Gasteiger partial charge in [0.25, 0.3) is 0 Å². The normalized spacial score (nSPS) is 19.7. The van der Waals surface area contributed by atoms with Crippen LogP contribution >= 0.6 is 0 Å². The van der Waals surface area contributed by atoms with E-state index in [1.807, 2.05) is 38.7 Å². The highest BCUT2D eigenvalue weighted by atomic mass is 19.1. The van der Waals surface area contributed by atoms with Crippen molar-refractivity contribution in [3.05, 3.63) is 46.6 Å². The lowest BCUT2D eigenvalue weighted by Gasteiger charge is -2.37. The van der Waals surface area contributed by atoms with Crippen molar-refractivity contribution in [3.8, 4) is 0 Å². The Morgan fingerprint density at radius 2 is 2.00 bits per heavy atom. The topological polar surface area (TPSA) is 67.6 Å². The number of hydrogen-bond donors (Lipinski definition) is 1. The maximum absolute atomic E-state index is 14.6. The molecule has 3 rings (SSSR count). The Kier molecular flexibility index (Phi) is 6.34. The minimum atomic E-state index is -0.274. The van der Waals surface area contributed by atoms with E-state index < -0.39 is 0 Å². The zero-order valence-corrected chi connectivity index (χ0v) is 16.9. The van der Waals surface area contributed by atoms with Crippen LogP contribution in [-0.4, -0.2) is 36.4 Å². The molecule has 1 saturated heterocycles. The van der Waals surface area contributed by atoms with E-state index in [0.29, 0.717) is 38.2 Å². The minimum absolute atomic E-state index is 0.0693. The molecule has 0 aliphatic carbocycles. The molecule has 2 atom stereocenters. The van der Waals surface area contributed by atoms with Crippen LogP contribution in [0.3, 0.4) is 0 Å². The van der Waals surface area contributed by atoms with Crippen LogP contribution in [0.5, 0.6) is 0 Å². The molecule has 0 saturated carbocycles. The molecule has 28 heavy (non-hydrogen) atoms. The van der Waals surface area contributed by atoms with Gasteiger partial charge in [-0.1, -0.05) is 11.2 Å². The quantitative estimate of drug-likeness (QED) is 0.821. The van der Waals surface area contributed by atoms with Crippen molar-refractivity contribution in [2.24, 2.45) is 0 Å². The summed E-state index contributed by atoms with van der Waals surface area (Å²) in [6, 6.07) is 5.14. The number of carbonyl (C=O) groups excluding carboxylic acids is 1. The molecule has 1 N–H and O–H groups in total. The van der Waals surface area contributed by atoms with Gasteiger partial charge < -0.3 is 19.5 Å². The fraction of sp³-hybridized carbons (Fsp3) is 0.524. The first-order chi connectivity index (χ1) is 13.3. The summed E-state index contributed by atoms with van der Waals surface area (Å²) in [4.78, 5) is 14.1. The van der Waals surface area contributed by atoms with Crippen molar-refractivity contribution in [2.45, 2.75) is 59.3 Å². The first-order valence-electron chi connectivity index (χ1n) is 9.70. The molecule has 152 valence electrons. The van der Waals surface area contributed by atoms with E-state index in [1.54, 1.807) is 6.07 Å². The molecule has 1 aromatic heterocycles. The fourth-order valence-corrected chi connectivity index (χ4v) is 3.68. The highest BCUT2D eigenvalue weighted by molar-refractivity contribution is 5.76.